The molecular formula is C17H22N2O3. The van der Waals surface area contributed by atoms with E-state index in [0.29, 0.717) is 31.2 Å². The van der Waals surface area contributed by atoms with Gasteiger partial charge in [-0.1, -0.05) is 18.2 Å². The predicted octanol–water partition coefficient (Wildman–Crippen LogP) is 1.17. The minimum absolute atomic E-state index is 0.120. The van der Waals surface area contributed by atoms with Gasteiger partial charge in [-0.15, -0.1) is 0 Å². The Bertz CT molecular complexity index is 563. The van der Waals surface area contributed by atoms with E-state index in [4.69, 9.17) is 9.47 Å². The standard InChI is InChI=1S/C17H22N2O3/c20-17(18-14-9-16-13(14)5-7-21-16)11-19-6-8-22-15-4-2-1-3-12(15)10-19/h1-4,13-14,16H,5-11H2,(H,18,20). The van der Waals surface area contributed by atoms with Crippen LogP contribution in [-0.2, 0) is 16.1 Å². The molecule has 0 bridgehead atoms. The highest BCUT2D eigenvalue weighted by Gasteiger charge is 2.45. The molecular weight excluding hydrogens is 280 g/mol. The second-order valence-electron chi connectivity index (χ2n) is 6.44. The van der Waals surface area contributed by atoms with Crippen molar-refractivity contribution >= 4 is 5.91 Å². The van der Waals surface area contributed by atoms with Crippen molar-refractivity contribution in [2.24, 2.45) is 5.92 Å². The van der Waals surface area contributed by atoms with Crippen LogP contribution in [0.25, 0.3) is 0 Å². The fraction of sp³-hybridized carbons (Fsp3) is 0.588. The normalized spacial score (nSPS) is 30.5. The van der Waals surface area contributed by atoms with Crippen molar-refractivity contribution in [2.45, 2.75) is 31.5 Å². The molecule has 5 heteroatoms. The van der Waals surface area contributed by atoms with Crippen molar-refractivity contribution in [1.29, 1.82) is 0 Å². The molecule has 4 rings (SSSR count). The molecule has 118 valence electrons. The van der Waals surface area contributed by atoms with Crippen LogP contribution in [0, 0.1) is 5.92 Å². The molecule has 1 amide bonds. The Morgan fingerprint density at radius 2 is 2.23 bits per heavy atom. The summed E-state index contributed by atoms with van der Waals surface area (Å²) in [7, 11) is 0. The number of carbonyl (C=O) groups excluding carboxylic acids is 1. The monoisotopic (exact) mass is 302 g/mol. The molecule has 1 N–H and O–H groups in total. The lowest BCUT2D eigenvalue weighted by Gasteiger charge is -2.39. The van der Waals surface area contributed by atoms with Crippen LogP contribution in [-0.4, -0.2) is 49.3 Å². The number of para-hydroxylation sites is 1. The zero-order chi connectivity index (χ0) is 14.9. The summed E-state index contributed by atoms with van der Waals surface area (Å²) in [4.78, 5) is 14.4. The first kappa shape index (κ1) is 14.0. The first-order chi connectivity index (χ1) is 10.8. The molecule has 2 aliphatic heterocycles. The van der Waals surface area contributed by atoms with E-state index < -0.39 is 0 Å². The Morgan fingerprint density at radius 3 is 3.14 bits per heavy atom. The van der Waals surface area contributed by atoms with Crippen molar-refractivity contribution in [2.75, 3.05) is 26.3 Å². The van der Waals surface area contributed by atoms with Gasteiger partial charge in [0, 0.05) is 37.2 Å². The van der Waals surface area contributed by atoms with Crippen LogP contribution in [0.15, 0.2) is 24.3 Å². The summed E-state index contributed by atoms with van der Waals surface area (Å²) in [6.45, 7) is 3.46. The summed E-state index contributed by atoms with van der Waals surface area (Å²) in [5.41, 5.74) is 1.15. The molecule has 1 aromatic rings. The molecule has 5 nitrogen and oxygen atoms in total. The average Bonchev–Trinajstić information content (AvgIpc) is 2.75. The third kappa shape index (κ3) is 2.71. The number of fused-ring (bicyclic) bond motifs is 2. The highest BCUT2D eigenvalue weighted by molar-refractivity contribution is 5.78. The molecule has 2 fully saturated rings. The van der Waals surface area contributed by atoms with E-state index in [2.05, 4.69) is 16.3 Å². The first-order valence-electron chi connectivity index (χ1n) is 8.13. The number of carbonyl (C=O) groups is 1. The Labute approximate surface area is 130 Å². The van der Waals surface area contributed by atoms with Crippen molar-refractivity contribution in [3.8, 4) is 5.75 Å². The first-order valence-corrected chi connectivity index (χ1v) is 8.13. The quantitative estimate of drug-likeness (QED) is 0.911. The van der Waals surface area contributed by atoms with Gasteiger partial charge in [-0.2, -0.15) is 0 Å². The maximum Gasteiger partial charge on any atom is 0.234 e. The maximum absolute atomic E-state index is 12.3. The SMILES string of the molecule is O=C(CN1CCOc2ccccc2C1)NC1CC2OCCC12. The topological polar surface area (TPSA) is 50.8 Å². The fourth-order valence-electron chi connectivity index (χ4n) is 3.73. The second-order valence-corrected chi connectivity index (χ2v) is 6.44. The molecule has 2 heterocycles. The van der Waals surface area contributed by atoms with Gasteiger partial charge in [0.2, 0.25) is 5.91 Å². The van der Waals surface area contributed by atoms with Crippen LogP contribution in [0.4, 0.5) is 0 Å². The van der Waals surface area contributed by atoms with Crippen molar-refractivity contribution in [3.05, 3.63) is 29.8 Å². The second kappa shape index (κ2) is 5.89. The summed E-state index contributed by atoms with van der Waals surface area (Å²) < 4.78 is 11.3. The molecule has 1 aromatic carbocycles. The summed E-state index contributed by atoms with van der Waals surface area (Å²) in [6.07, 6.45) is 2.45. The Hall–Kier alpha value is -1.59. The van der Waals surface area contributed by atoms with Gasteiger partial charge in [-0.05, 0) is 18.9 Å². The van der Waals surface area contributed by atoms with E-state index in [0.717, 1.165) is 43.9 Å². The molecule has 22 heavy (non-hydrogen) atoms. The van der Waals surface area contributed by atoms with Gasteiger partial charge in [0.15, 0.2) is 0 Å². The van der Waals surface area contributed by atoms with Crippen LogP contribution in [0.2, 0.25) is 0 Å². The molecule has 1 aliphatic carbocycles. The third-order valence-electron chi connectivity index (χ3n) is 5.01. The van der Waals surface area contributed by atoms with Gasteiger partial charge in [-0.25, -0.2) is 0 Å². The number of hydrogen-bond donors (Lipinski definition) is 1. The highest BCUT2D eigenvalue weighted by atomic mass is 16.5. The third-order valence-corrected chi connectivity index (χ3v) is 5.01. The fourth-order valence-corrected chi connectivity index (χ4v) is 3.73. The van der Waals surface area contributed by atoms with Crippen molar-refractivity contribution < 1.29 is 14.3 Å². The summed E-state index contributed by atoms with van der Waals surface area (Å²) >= 11 is 0. The molecule has 3 aliphatic rings. The van der Waals surface area contributed by atoms with Gasteiger partial charge in [-0.3, -0.25) is 9.69 Å². The van der Waals surface area contributed by atoms with Gasteiger partial charge in [0.1, 0.15) is 12.4 Å². The Kier molecular flexibility index (Phi) is 3.76. The van der Waals surface area contributed by atoms with Crippen LogP contribution in [0.1, 0.15) is 18.4 Å². The lowest BCUT2D eigenvalue weighted by molar-refractivity contribution is -0.125. The minimum Gasteiger partial charge on any atom is -0.492 e. The van der Waals surface area contributed by atoms with Gasteiger partial charge < -0.3 is 14.8 Å². The highest BCUT2D eigenvalue weighted by Crippen LogP contribution is 2.38. The lowest BCUT2D eigenvalue weighted by Crippen LogP contribution is -2.55. The van der Waals surface area contributed by atoms with E-state index in [-0.39, 0.29) is 5.91 Å². The van der Waals surface area contributed by atoms with E-state index in [1.54, 1.807) is 0 Å². The van der Waals surface area contributed by atoms with Crippen LogP contribution >= 0.6 is 0 Å². The number of amides is 1. The summed E-state index contributed by atoms with van der Waals surface area (Å²) in [6, 6.07) is 8.37. The van der Waals surface area contributed by atoms with Crippen molar-refractivity contribution in [3.63, 3.8) is 0 Å². The largest absolute Gasteiger partial charge is 0.492 e. The van der Waals surface area contributed by atoms with Gasteiger partial charge >= 0.3 is 0 Å². The average molecular weight is 302 g/mol. The Morgan fingerprint density at radius 1 is 1.32 bits per heavy atom. The molecule has 1 saturated heterocycles. The number of benzene rings is 1. The molecule has 0 radical (unpaired) electrons. The van der Waals surface area contributed by atoms with Crippen LogP contribution in [0.3, 0.4) is 0 Å². The van der Waals surface area contributed by atoms with Crippen LogP contribution in [0.5, 0.6) is 5.75 Å². The minimum atomic E-state index is 0.120. The number of hydrogen-bond acceptors (Lipinski definition) is 4. The number of ether oxygens (including phenoxy) is 2. The molecule has 3 atom stereocenters. The summed E-state index contributed by atoms with van der Waals surface area (Å²) in [5, 5.41) is 3.18. The number of nitrogens with zero attached hydrogens (tertiary/aromatic N) is 1. The van der Waals surface area contributed by atoms with Crippen molar-refractivity contribution in [1.82, 2.24) is 10.2 Å². The predicted molar refractivity (Wildman–Crippen MR) is 81.6 cm³/mol. The summed E-state index contributed by atoms with van der Waals surface area (Å²) in [5.74, 6) is 1.60. The maximum atomic E-state index is 12.3. The van der Waals surface area contributed by atoms with Gasteiger partial charge in [0.25, 0.3) is 0 Å². The zero-order valence-corrected chi connectivity index (χ0v) is 12.7. The van der Waals surface area contributed by atoms with E-state index in [9.17, 15) is 4.79 Å². The number of nitrogens with one attached hydrogen (secondary N) is 1. The van der Waals surface area contributed by atoms with E-state index in [1.807, 2.05) is 18.2 Å². The molecule has 3 unspecified atom stereocenters. The molecule has 0 aromatic heterocycles. The van der Waals surface area contributed by atoms with Gasteiger partial charge in [0.05, 0.1) is 12.6 Å². The van der Waals surface area contributed by atoms with E-state index >= 15 is 0 Å². The Balaban J connectivity index is 1.32. The van der Waals surface area contributed by atoms with E-state index in [1.165, 1.54) is 0 Å². The molecule has 0 spiro atoms. The van der Waals surface area contributed by atoms with Crippen LogP contribution < -0.4 is 10.1 Å². The molecule has 1 saturated carbocycles. The number of rotatable bonds is 3. The lowest BCUT2D eigenvalue weighted by atomic mass is 9.76. The zero-order valence-electron chi connectivity index (χ0n) is 12.7. The smallest absolute Gasteiger partial charge is 0.234 e.